The van der Waals surface area contributed by atoms with Crippen molar-refractivity contribution in [3.8, 4) is 0 Å². The van der Waals surface area contributed by atoms with Crippen LogP contribution in [-0.2, 0) is 6.54 Å². The normalized spacial score (nSPS) is 13.0. The lowest BCUT2D eigenvalue weighted by molar-refractivity contribution is 0.503. The first-order valence-corrected chi connectivity index (χ1v) is 6.65. The minimum atomic E-state index is 0.481. The van der Waals surface area contributed by atoms with Crippen LogP contribution in [0.25, 0.3) is 0 Å². The van der Waals surface area contributed by atoms with Crippen LogP contribution in [0.15, 0.2) is 11.4 Å². The van der Waals surface area contributed by atoms with Gasteiger partial charge >= 0.3 is 0 Å². The molecule has 15 heavy (non-hydrogen) atoms. The summed E-state index contributed by atoms with van der Waals surface area (Å²) in [6.07, 6.45) is 1.18. The molecule has 0 amide bonds. The van der Waals surface area contributed by atoms with Gasteiger partial charge in [0, 0.05) is 24.0 Å². The first kappa shape index (κ1) is 13.0. The fourth-order valence-corrected chi connectivity index (χ4v) is 2.34. The quantitative estimate of drug-likeness (QED) is 0.723. The standard InChI is InChI=1S/C11H19ClN2S/c1-3-5-13-7-9(2)14-8-11-10(12)4-6-15-11/h4,6,9,13-14H,3,5,7-8H2,1-2H3. The highest BCUT2D eigenvalue weighted by molar-refractivity contribution is 7.10. The Kier molecular flexibility index (Phi) is 6.25. The summed E-state index contributed by atoms with van der Waals surface area (Å²) >= 11 is 7.71. The number of rotatable bonds is 7. The highest BCUT2D eigenvalue weighted by atomic mass is 35.5. The van der Waals surface area contributed by atoms with Gasteiger partial charge in [-0.1, -0.05) is 18.5 Å². The summed E-state index contributed by atoms with van der Waals surface area (Å²) < 4.78 is 0. The summed E-state index contributed by atoms with van der Waals surface area (Å²) in [5.74, 6) is 0. The third-order valence-electron chi connectivity index (χ3n) is 2.18. The van der Waals surface area contributed by atoms with E-state index in [0.717, 1.165) is 24.7 Å². The summed E-state index contributed by atoms with van der Waals surface area (Å²) in [5.41, 5.74) is 0. The van der Waals surface area contributed by atoms with Gasteiger partial charge in [0.15, 0.2) is 0 Å². The molecule has 0 aliphatic heterocycles. The molecule has 1 unspecified atom stereocenters. The second kappa shape index (κ2) is 7.23. The van der Waals surface area contributed by atoms with Gasteiger partial charge in [-0.2, -0.15) is 0 Å². The average molecular weight is 247 g/mol. The third-order valence-corrected chi connectivity index (χ3v) is 3.57. The second-order valence-electron chi connectivity index (χ2n) is 3.68. The molecule has 0 saturated heterocycles. The van der Waals surface area contributed by atoms with E-state index in [1.54, 1.807) is 11.3 Å². The summed E-state index contributed by atoms with van der Waals surface area (Å²) in [5, 5.41) is 9.74. The van der Waals surface area contributed by atoms with E-state index >= 15 is 0 Å². The Hall–Kier alpha value is -0.0900. The number of hydrogen-bond acceptors (Lipinski definition) is 3. The molecule has 1 aromatic rings. The van der Waals surface area contributed by atoms with Crippen LogP contribution in [0.5, 0.6) is 0 Å². The van der Waals surface area contributed by atoms with Crippen molar-refractivity contribution in [3.63, 3.8) is 0 Å². The lowest BCUT2D eigenvalue weighted by Gasteiger charge is -2.13. The van der Waals surface area contributed by atoms with E-state index in [0.29, 0.717) is 6.04 Å². The molecule has 0 aliphatic rings. The van der Waals surface area contributed by atoms with Crippen molar-refractivity contribution in [2.45, 2.75) is 32.9 Å². The molecule has 0 spiro atoms. The molecule has 86 valence electrons. The van der Waals surface area contributed by atoms with E-state index in [1.807, 2.05) is 11.4 Å². The zero-order chi connectivity index (χ0) is 11.1. The fraction of sp³-hybridized carbons (Fsp3) is 0.636. The lowest BCUT2D eigenvalue weighted by Crippen LogP contribution is -2.36. The minimum absolute atomic E-state index is 0.481. The maximum absolute atomic E-state index is 6.00. The van der Waals surface area contributed by atoms with E-state index in [9.17, 15) is 0 Å². The molecule has 0 aromatic carbocycles. The molecule has 2 N–H and O–H groups in total. The van der Waals surface area contributed by atoms with Crippen molar-refractivity contribution < 1.29 is 0 Å². The maximum Gasteiger partial charge on any atom is 0.0558 e. The summed E-state index contributed by atoms with van der Waals surface area (Å²) in [7, 11) is 0. The van der Waals surface area contributed by atoms with Gasteiger partial charge in [-0.05, 0) is 31.3 Å². The van der Waals surface area contributed by atoms with Crippen LogP contribution in [0.2, 0.25) is 5.02 Å². The van der Waals surface area contributed by atoms with Gasteiger partial charge in [0.05, 0.1) is 5.02 Å². The highest BCUT2D eigenvalue weighted by Gasteiger charge is 2.04. The number of halogens is 1. The van der Waals surface area contributed by atoms with Crippen LogP contribution in [0.1, 0.15) is 25.1 Å². The van der Waals surface area contributed by atoms with Gasteiger partial charge in [0.1, 0.15) is 0 Å². The zero-order valence-electron chi connectivity index (χ0n) is 9.35. The van der Waals surface area contributed by atoms with Gasteiger partial charge in [-0.15, -0.1) is 11.3 Å². The lowest BCUT2D eigenvalue weighted by atomic mass is 10.3. The molecule has 1 heterocycles. The topological polar surface area (TPSA) is 24.1 Å². The van der Waals surface area contributed by atoms with Gasteiger partial charge in [-0.3, -0.25) is 0 Å². The molecule has 4 heteroatoms. The smallest absolute Gasteiger partial charge is 0.0558 e. The van der Waals surface area contributed by atoms with Crippen molar-refractivity contribution in [3.05, 3.63) is 21.3 Å². The third kappa shape index (κ3) is 4.98. The van der Waals surface area contributed by atoms with Crippen molar-refractivity contribution in [1.29, 1.82) is 0 Å². The number of thiophene rings is 1. The molecule has 1 aromatic heterocycles. The van der Waals surface area contributed by atoms with Crippen molar-refractivity contribution in [2.24, 2.45) is 0 Å². The van der Waals surface area contributed by atoms with E-state index in [2.05, 4.69) is 24.5 Å². The Bertz CT molecular complexity index is 275. The van der Waals surface area contributed by atoms with Crippen LogP contribution in [0.3, 0.4) is 0 Å². The SMILES string of the molecule is CCCNCC(C)NCc1sccc1Cl. The minimum Gasteiger partial charge on any atom is -0.315 e. The Balaban J connectivity index is 2.16. The van der Waals surface area contributed by atoms with Crippen LogP contribution < -0.4 is 10.6 Å². The molecular weight excluding hydrogens is 228 g/mol. The molecule has 0 radical (unpaired) electrons. The van der Waals surface area contributed by atoms with Crippen molar-refractivity contribution >= 4 is 22.9 Å². The Morgan fingerprint density at radius 2 is 2.33 bits per heavy atom. The first-order chi connectivity index (χ1) is 7.24. The molecule has 0 aliphatic carbocycles. The largest absolute Gasteiger partial charge is 0.315 e. The Labute approximate surface area is 101 Å². The zero-order valence-corrected chi connectivity index (χ0v) is 10.9. The van der Waals surface area contributed by atoms with Crippen LogP contribution >= 0.6 is 22.9 Å². The number of nitrogens with one attached hydrogen (secondary N) is 2. The van der Waals surface area contributed by atoms with Gasteiger partial charge in [0.25, 0.3) is 0 Å². The van der Waals surface area contributed by atoms with Gasteiger partial charge in [-0.25, -0.2) is 0 Å². The predicted octanol–water partition coefficient (Wildman–Crippen LogP) is 2.88. The fourth-order valence-electron chi connectivity index (χ4n) is 1.29. The Morgan fingerprint density at radius 1 is 1.53 bits per heavy atom. The van der Waals surface area contributed by atoms with Crippen molar-refractivity contribution in [2.75, 3.05) is 13.1 Å². The summed E-state index contributed by atoms with van der Waals surface area (Å²) in [4.78, 5) is 1.22. The van der Waals surface area contributed by atoms with Crippen molar-refractivity contribution in [1.82, 2.24) is 10.6 Å². The van der Waals surface area contributed by atoms with E-state index in [-0.39, 0.29) is 0 Å². The predicted molar refractivity (Wildman–Crippen MR) is 68.8 cm³/mol. The molecular formula is C11H19ClN2S. The van der Waals surface area contributed by atoms with E-state index in [4.69, 9.17) is 11.6 Å². The monoisotopic (exact) mass is 246 g/mol. The molecule has 1 atom stereocenters. The van der Waals surface area contributed by atoms with Crippen LogP contribution in [0, 0.1) is 0 Å². The molecule has 0 saturated carbocycles. The van der Waals surface area contributed by atoms with Crippen LogP contribution in [-0.4, -0.2) is 19.1 Å². The van der Waals surface area contributed by atoms with Gasteiger partial charge in [0.2, 0.25) is 0 Å². The molecule has 0 fully saturated rings. The van der Waals surface area contributed by atoms with E-state index in [1.165, 1.54) is 11.3 Å². The summed E-state index contributed by atoms with van der Waals surface area (Å²) in [6.45, 7) is 7.33. The first-order valence-electron chi connectivity index (χ1n) is 5.40. The molecule has 1 rings (SSSR count). The molecule has 2 nitrogen and oxygen atoms in total. The second-order valence-corrected chi connectivity index (χ2v) is 5.09. The highest BCUT2D eigenvalue weighted by Crippen LogP contribution is 2.21. The number of hydrogen-bond donors (Lipinski definition) is 2. The van der Waals surface area contributed by atoms with E-state index < -0.39 is 0 Å². The maximum atomic E-state index is 6.00. The molecule has 0 bridgehead atoms. The van der Waals surface area contributed by atoms with Crippen LogP contribution in [0.4, 0.5) is 0 Å². The van der Waals surface area contributed by atoms with Gasteiger partial charge < -0.3 is 10.6 Å². The Morgan fingerprint density at radius 3 is 2.93 bits per heavy atom. The average Bonchev–Trinajstić information content (AvgIpc) is 2.61. The summed E-state index contributed by atoms with van der Waals surface area (Å²) in [6, 6.07) is 2.43.